The van der Waals surface area contributed by atoms with Crippen LogP contribution < -0.4 is 0 Å². The maximum Gasteiger partial charge on any atom is 0.0959 e. The van der Waals surface area contributed by atoms with E-state index in [1.807, 2.05) is 7.11 Å². The van der Waals surface area contributed by atoms with E-state index in [1.165, 1.54) is 57.1 Å². The van der Waals surface area contributed by atoms with Gasteiger partial charge in [-0.25, -0.2) is 0 Å². The monoisotopic (exact) mass is 352 g/mol. The van der Waals surface area contributed by atoms with Gasteiger partial charge in [0.15, 0.2) is 0 Å². The second kappa shape index (κ2) is 6.75. The standard InChI is InChI=1S/C25H36O/c1-5-7-19-9-12-23-22-11-8-18-17-20(26-4)10-13-21(18)24(22,3)15-16-25(19,23)14-6-2/h7,10,19,22-23H,1,6,8-9,11-17H2,2-4H3/t19-,22+,23+,24-,25-/m1/s1. The molecule has 1 nitrogen and oxygen atoms in total. The molecule has 0 aliphatic heterocycles. The molecule has 2 saturated carbocycles. The lowest BCUT2D eigenvalue weighted by molar-refractivity contribution is -0.0404. The van der Waals surface area contributed by atoms with Crippen LogP contribution >= 0.6 is 0 Å². The van der Waals surface area contributed by atoms with Crippen molar-refractivity contribution < 1.29 is 4.74 Å². The van der Waals surface area contributed by atoms with Crippen LogP contribution in [0.5, 0.6) is 0 Å². The number of fused-ring (bicyclic) bond motifs is 4. The first kappa shape index (κ1) is 18.2. The van der Waals surface area contributed by atoms with E-state index in [2.05, 4.69) is 38.3 Å². The van der Waals surface area contributed by atoms with E-state index in [-0.39, 0.29) is 0 Å². The van der Waals surface area contributed by atoms with Gasteiger partial charge in [0, 0.05) is 6.42 Å². The molecule has 0 radical (unpaired) electrons. The lowest BCUT2D eigenvalue weighted by atomic mass is 9.46. The van der Waals surface area contributed by atoms with Gasteiger partial charge in [-0.2, -0.15) is 0 Å². The maximum absolute atomic E-state index is 5.58. The fourth-order valence-electron chi connectivity index (χ4n) is 7.66. The highest BCUT2D eigenvalue weighted by molar-refractivity contribution is 5.36. The molecule has 4 rings (SSSR count). The number of ether oxygens (including phenoxy) is 1. The predicted molar refractivity (Wildman–Crippen MR) is 109 cm³/mol. The van der Waals surface area contributed by atoms with Crippen LogP contribution in [-0.2, 0) is 4.74 Å². The molecule has 0 spiro atoms. The van der Waals surface area contributed by atoms with Gasteiger partial charge in [-0.05, 0) is 92.1 Å². The molecule has 0 aromatic carbocycles. The molecule has 0 bridgehead atoms. The second-order valence-electron chi connectivity index (χ2n) is 9.54. The Bertz CT molecular complexity index is 676. The van der Waals surface area contributed by atoms with Crippen LogP contribution in [0, 0.1) is 28.6 Å². The van der Waals surface area contributed by atoms with E-state index in [0.717, 1.165) is 30.6 Å². The van der Waals surface area contributed by atoms with Gasteiger partial charge in [-0.15, -0.1) is 5.73 Å². The summed E-state index contributed by atoms with van der Waals surface area (Å²) in [6.45, 7) is 8.91. The molecule has 0 amide bonds. The average molecular weight is 353 g/mol. The van der Waals surface area contributed by atoms with Crippen molar-refractivity contribution in [1.29, 1.82) is 0 Å². The van der Waals surface area contributed by atoms with Crippen LogP contribution in [0.3, 0.4) is 0 Å². The summed E-state index contributed by atoms with van der Waals surface area (Å²) in [6, 6.07) is 0. The number of methoxy groups -OCH3 is 1. The highest BCUT2D eigenvalue weighted by Crippen LogP contribution is 2.68. The summed E-state index contributed by atoms with van der Waals surface area (Å²) >= 11 is 0. The van der Waals surface area contributed by atoms with Crippen molar-refractivity contribution in [3.63, 3.8) is 0 Å². The van der Waals surface area contributed by atoms with Crippen molar-refractivity contribution >= 4 is 0 Å². The van der Waals surface area contributed by atoms with E-state index in [4.69, 9.17) is 4.74 Å². The van der Waals surface area contributed by atoms with Gasteiger partial charge in [0.05, 0.1) is 12.9 Å². The van der Waals surface area contributed by atoms with Gasteiger partial charge in [0.25, 0.3) is 0 Å². The van der Waals surface area contributed by atoms with Crippen LogP contribution in [-0.4, -0.2) is 7.11 Å². The van der Waals surface area contributed by atoms with Crippen molar-refractivity contribution in [1.82, 2.24) is 0 Å². The highest BCUT2D eigenvalue weighted by Gasteiger charge is 2.59. The molecule has 0 unspecified atom stereocenters. The number of hydrogen-bond donors (Lipinski definition) is 0. The molecule has 0 saturated heterocycles. The largest absolute Gasteiger partial charge is 0.501 e. The molecule has 2 fully saturated rings. The first-order chi connectivity index (χ1) is 12.6. The summed E-state index contributed by atoms with van der Waals surface area (Å²) in [5.41, 5.74) is 7.63. The average Bonchev–Trinajstić information content (AvgIpc) is 3.00. The van der Waals surface area contributed by atoms with Crippen molar-refractivity contribution in [3.05, 3.63) is 41.4 Å². The zero-order valence-corrected chi connectivity index (χ0v) is 17.1. The van der Waals surface area contributed by atoms with E-state index in [9.17, 15) is 0 Å². The summed E-state index contributed by atoms with van der Waals surface area (Å²) in [7, 11) is 1.83. The van der Waals surface area contributed by atoms with Gasteiger partial charge in [0.1, 0.15) is 0 Å². The molecule has 4 aliphatic carbocycles. The molecular weight excluding hydrogens is 316 g/mol. The third-order valence-electron chi connectivity index (χ3n) is 8.77. The van der Waals surface area contributed by atoms with Crippen molar-refractivity contribution in [3.8, 4) is 0 Å². The van der Waals surface area contributed by atoms with Crippen LogP contribution in [0.4, 0.5) is 0 Å². The zero-order valence-electron chi connectivity index (χ0n) is 17.1. The summed E-state index contributed by atoms with van der Waals surface area (Å²) in [5.74, 6) is 3.69. The summed E-state index contributed by atoms with van der Waals surface area (Å²) in [5, 5.41) is 0. The first-order valence-corrected chi connectivity index (χ1v) is 10.9. The summed E-state index contributed by atoms with van der Waals surface area (Å²) in [4.78, 5) is 0. The van der Waals surface area contributed by atoms with Gasteiger partial charge >= 0.3 is 0 Å². The quantitative estimate of drug-likeness (QED) is 0.392. The van der Waals surface area contributed by atoms with Gasteiger partial charge in [0.2, 0.25) is 0 Å². The Morgan fingerprint density at radius 3 is 2.85 bits per heavy atom. The smallest absolute Gasteiger partial charge is 0.0959 e. The fourth-order valence-corrected chi connectivity index (χ4v) is 7.66. The van der Waals surface area contributed by atoms with Gasteiger partial charge in [-0.3, -0.25) is 0 Å². The van der Waals surface area contributed by atoms with E-state index in [1.54, 1.807) is 11.1 Å². The Hall–Kier alpha value is -1.20. The van der Waals surface area contributed by atoms with Crippen molar-refractivity contribution in [2.75, 3.05) is 7.11 Å². The van der Waals surface area contributed by atoms with E-state index in [0.29, 0.717) is 10.8 Å². The minimum Gasteiger partial charge on any atom is -0.501 e. The molecule has 0 heterocycles. The second-order valence-corrected chi connectivity index (χ2v) is 9.54. The predicted octanol–water partition coefficient (Wildman–Crippen LogP) is 6.97. The van der Waals surface area contributed by atoms with E-state index >= 15 is 0 Å². The Balaban J connectivity index is 1.68. The molecule has 0 N–H and O–H groups in total. The van der Waals surface area contributed by atoms with Crippen molar-refractivity contribution in [2.45, 2.75) is 78.1 Å². The topological polar surface area (TPSA) is 9.23 Å². The van der Waals surface area contributed by atoms with Crippen LogP contribution in [0.25, 0.3) is 0 Å². The minimum atomic E-state index is 0.429. The lowest BCUT2D eigenvalue weighted by Gasteiger charge is -2.58. The molecule has 5 atom stereocenters. The molecular formula is C25H36O. The third kappa shape index (κ3) is 2.50. The summed E-state index contributed by atoms with van der Waals surface area (Å²) < 4.78 is 5.58. The van der Waals surface area contributed by atoms with Crippen LogP contribution in [0.15, 0.2) is 41.4 Å². The molecule has 26 heavy (non-hydrogen) atoms. The molecule has 0 aromatic heterocycles. The van der Waals surface area contributed by atoms with Crippen molar-refractivity contribution in [2.24, 2.45) is 28.6 Å². The Morgan fingerprint density at radius 2 is 2.12 bits per heavy atom. The lowest BCUT2D eigenvalue weighted by Crippen LogP contribution is -2.50. The number of allylic oxidation sites excluding steroid dienone is 4. The molecule has 4 aliphatic rings. The van der Waals surface area contributed by atoms with Gasteiger partial charge in [-0.1, -0.05) is 38.0 Å². The first-order valence-electron chi connectivity index (χ1n) is 10.9. The normalized spacial score (nSPS) is 41.5. The summed E-state index contributed by atoms with van der Waals surface area (Å²) in [6.07, 6.45) is 17.9. The van der Waals surface area contributed by atoms with Crippen LogP contribution in [0.2, 0.25) is 0 Å². The number of hydrogen-bond acceptors (Lipinski definition) is 1. The minimum absolute atomic E-state index is 0.429. The van der Waals surface area contributed by atoms with E-state index < -0.39 is 0 Å². The molecule has 0 aromatic rings. The van der Waals surface area contributed by atoms with Gasteiger partial charge < -0.3 is 4.74 Å². The Morgan fingerprint density at radius 1 is 1.27 bits per heavy atom. The third-order valence-corrected chi connectivity index (χ3v) is 8.77. The number of rotatable bonds is 4. The highest BCUT2D eigenvalue weighted by atomic mass is 16.5. The fraction of sp³-hybridized carbons (Fsp3) is 0.720. The molecule has 142 valence electrons. The van der Waals surface area contributed by atoms with Crippen LogP contribution in [0.1, 0.15) is 78.1 Å². The molecule has 1 heteroatoms. The SMILES string of the molecule is C=C=C[C@@H]1CC[C@H]2[C@@H]3CCC4=C(CC=C(OC)C4)[C@@]3(C)CC[C@]12CCC. The zero-order chi connectivity index (χ0) is 18.4. The maximum atomic E-state index is 5.58. The Kier molecular flexibility index (Phi) is 4.72. The Labute approximate surface area is 160 Å².